The summed E-state index contributed by atoms with van der Waals surface area (Å²) >= 11 is 5.91. The number of imide groups is 1. The van der Waals surface area contributed by atoms with Gasteiger partial charge in [0.2, 0.25) is 11.8 Å². The van der Waals surface area contributed by atoms with E-state index in [1.165, 1.54) is 18.2 Å². The maximum Gasteiger partial charge on any atom is 0.396 e. The van der Waals surface area contributed by atoms with Crippen molar-refractivity contribution in [2.45, 2.75) is 43.9 Å². The number of Topliss-reactive ketones (excluding diaryl/α,β-unsaturated/α-hetero) is 1. The number of nitrogens with one attached hydrogen (secondary N) is 1. The lowest BCUT2D eigenvalue weighted by Crippen LogP contribution is -2.52. The first-order valence-corrected chi connectivity index (χ1v) is 10.7. The van der Waals surface area contributed by atoms with Gasteiger partial charge in [0.15, 0.2) is 5.78 Å². The van der Waals surface area contributed by atoms with E-state index in [2.05, 4.69) is 5.32 Å². The molecule has 34 heavy (non-hydrogen) atoms. The smallest absolute Gasteiger partial charge is 0.322 e. The number of hydrogen-bond acceptors (Lipinski definition) is 4. The van der Waals surface area contributed by atoms with E-state index < -0.39 is 59.4 Å². The van der Waals surface area contributed by atoms with E-state index in [1.807, 2.05) is 0 Å². The third-order valence-corrected chi connectivity index (χ3v) is 6.36. The molecule has 0 saturated carbocycles. The number of benzene rings is 2. The van der Waals surface area contributed by atoms with E-state index in [1.54, 1.807) is 0 Å². The zero-order valence-corrected chi connectivity index (χ0v) is 18.2. The number of ketones is 1. The molecule has 1 saturated heterocycles. The molecule has 2 aromatic carbocycles. The first kappa shape index (κ1) is 23.9. The molecule has 2 aliphatic rings. The van der Waals surface area contributed by atoms with Crippen LogP contribution >= 0.6 is 11.6 Å². The Hall–Kier alpha value is -3.27. The number of carbonyl (C=O) groups excluding carboxylic acids is 4. The zero-order chi connectivity index (χ0) is 24.8. The fourth-order valence-electron chi connectivity index (χ4n) is 4.27. The number of alkyl halides is 3. The minimum atomic E-state index is -4.81. The summed E-state index contributed by atoms with van der Waals surface area (Å²) in [6.45, 7) is -0.347. The highest BCUT2D eigenvalue weighted by atomic mass is 35.5. The van der Waals surface area contributed by atoms with Crippen LogP contribution in [0.3, 0.4) is 0 Å². The van der Waals surface area contributed by atoms with E-state index in [0.717, 1.165) is 23.1 Å². The topological polar surface area (TPSA) is 83.6 Å². The Balaban J connectivity index is 1.61. The lowest BCUT2D eigenvalue weighted by Gasteiger charge is -2.29. The van der Waals surface area contributed by atoms with Crippen LogP contribution in [-0.2, 0) is 16.1 Å². The molecule has 178 valence electrons. The highest BCUT2D eigenvalue weighted by molar-refractivity contribution is 6.31. The fraction of sp³-hybridized carbons (Fsp3) is 0.304. The van der Waals surface area contributed by atoms with Crippen molar-refractivity contribution in [2.75, 3.05) is 0 Å². The Morgan fingerprint density at radius 3 is 2.50 bits per heavy atom. The number of amides is 3. The lowest BCUT2D eigenvalue weighted by molar-refractivity contribution is -0.149. The molecule has 1 N–H and O–H groups in total. The first-order valence-electron chi connectivity index (χ1n) is 10.3. The van der Waals surface area contributed by atoms with Crippen LogP contribution in [0, 0.1) is 5.82 Å². The minimum Gasteiger partial charge on any atom is -0.322 e. The average molecular weight is 497 g/mol. The van der Waals surface area contributed by atoms with Crippen LogP contribution < -0.4 is 5.32 Å². The molecule has 0 radical (unpaired) electrons. The molecule has 2 atom stereocenters. The SMILES string of the molecule is O=C1CCC(N2Cc3c(ccc(C(=O)C[C@H](c4ccccc4Cl)C(F)(F)F)c3F)C2=O)C(=O)N1. The van der Waals surface area contributed by atoms with Gasteiger partial charge in [0.05, 0.1) is 18.0 Å². The molecule has 2 heterocycles. The first-order chi connectivity index (χ1) is 16.0. The Bertz CT molecular complexity index is 1210. The van der Waals surface area contributed by atoms with Gasteiger partial charge in [-0.05, 0) is 30.2 Å². The van der Waals surface area contributed by atoms with Crippen LogP contribution in [-0.4, -0.2) is 40.6 Å². The molecule has 4 rings (SSSR count). The highest BCUT2D eigenvalue weighted by Crippen LogP contribution is 2.41. The van der Waals surface area contributed by atoms with Crippen molar-refractivity contribution in [3.63, 3.8) is 0 Å². The molecule has 3 amide bonds. The summed E-state index contributed by atoms with van der Waals surface area (Å²) in [5, 5.41) is 1.95. The Kier molecular flexibility index (Phi) is 6.20. The second kappa shape index (κ2) is 8.83. The van der Waals surface area contributed by atoms with Gasteiger partial charge in [0.25, 0.3) is 5.91 Å². The summed E-state index contributed by atoms with van der Waals surface area (Å²) in [5.41, 5.74) is -1.15. The fourth-order valence-corrected chi connectivity index (χ4v) is 4.54. The summed E-state index contributed by atoms with van der Waals surface area (Å²) in [7, 11) is 0. The van der Waals surface area contributed by atoms with Crippen LogP contribution in [0.15, 0.2) is 36.4 Å². The van der Waals surface area contributed by atoms with Crippen LogP contribution in [0.4, 0.5) is 17.6 Å². The largest absolute Gasteiger partial charge is 0.396 e. The van der Waals surface area contributed by atoms with Crippen LogP contribution in [0.2, 0.25) is 5.02 Å². The third kappa shape index (κ3) is 4.29. The summed E-state index contributed by atoms with van der Waals surface area (Å²) < 4.78 is 56.5. The van der Waals surface area contributed by atoms with Crippen LogP contribution in [0.1, 0.15) is 57.0 Å². The van der Waals surface area contributed by atoms with E-state index in [9.17, 15) is 32.3 Å². The van der Waals surface area contributed by atoms with E-state index in [-0.39, 0.29) is 41.1 Å². The third-order valence-electron chi connectivity index (χ3n) is 6.01. The number of hydrogen-bond donors (Lipinski definition) is 1. The molecule has 1 fully saturated rings. The summed E-state index contributed by atoms with van der Waals surface area (Å²) in [6.07, 6.45) is -5.83. The molecule has 2 aromatic rings. The molecule has 6 nitrogen and oxygen atoms in total. The summed E-state index contributed by atoms with van der Waals surface area (Å²) in [5.74, 6) is -6.29. The molecule has 0 spiro atoms. The van der Waals surface area contributed by atoms with Crippen molar-refractivity contribution in [2.24, 2.45) is 0 Å². The molecular weight excluding hydrogens is 480 g/mol. The van der Waals surface area contributed by atoms with Gasteiger partial charge in [-0.3, -0.25) is 24.5 Å². The van der Waals surface area contributed by atoms with Crippen molar-refractivity contribution >= 4 is 35.1 Å². The van der Waals surface area contributed by atoms with Gasteiger partial charge in [0.1, 0.15) is 11.9 Å². The van der Waals surface area contributed by atoms with Crippen molar-refractivity contribution in [1.29, 1.82) is 0 Å². The molecule has 1 unspecified atom stereocenters. The Labute approximate surface area is 195 Å². The Morgan fingerprint density at radius 2 is 1.85 bits per heavy atom. The Morgan fingerprint density at radius 1 is 1.15 bits per heavy atom. The van der Waals surface area contributed by atoms with Crippen molar-refractivity contribution in [3.05, 3.63) is 69.5 Å². The van der Waals surface area contributed by atoms with Gasteiger partial charge in [-0.1, -0.05) is 29.8 Å². The number of halogens is 5. The van der Waals surface area contributed by atoms with Gasteiger partial charge < -0.3 is 4.90 Å². The average Bonchev–Trinajstić information content (AvgIpc) is 3.09. The molecule has 11 heteroatoms. The van der Waals surface area contributed by atoms with Crippen LogP contribution in [0.25, 0.3) is 0 Å². The van der Waals surface area contributed by atoms with E-state index in [4.69, 9.17) is 11.6 Å². The zero-order valence-electron chi connectivity index (χ0n) is 17.4. The van der Waals surface area contributed by atoms with E-state index >= 15 is 4.39 Å². The second-order valence-corrected chi connectivity index (χ2v) is 8.50. The summed E-state index contributed by atoms with van der Waals surface area (Å²) in [4.78, 5) is 50.1. The quantitative estimate of drug-likeness (QED) is 0.383. The van der Waals surface area contributed by atoms with Gasteiger partial charge in [-0.15, -0.1) is 0 Å². The van der Waals surface area contributed by atoms with Gasteiger partial charge in [-0.25, -0.2) is 4.39 Å². The van der Waals surface area contributed by atoms with Crippen molar-refractivity contribution in [3.8, 4) is 0 Å². The molecule has 2 aliphatic heterocycles. The molecular formula is C23H17ClF4N2O4. The predicted molar refractivity (Wildman–Crippen MR) is 112 cm³/mol. The molecule has 0 aliphatic carbocycles. The predicted octanol–water partition coefficient (Wildman–Crippen LogP) is 4.16. The second-order valence-electron chi connectivity index (χ2n) is 8.10. The number of rotatable bonds is 5. The summed E-state index contributed by atoms with van der Waals surface area (Å²) in [6, 6.07) is 6.38. The maximum absolute atomic E-state index is 15.3. The number of fused-ring (bicyclic) bond motifs is 1. The van der Waals surface area contributed by atoms with Gasteiger partial charge in [-0.2, -0.15) is 13.2 Å². The highest BCUT2D eigenvalue weighted by Gasteiger charge is 2.44. The number of carbonyl (C=O) groups is 4. The molecule has 0 aromatic heterocycles. The number of piperidine rings is 1. The van der Waals surface area contributed by atoms with Crippen molar-refractivity contribution in [1.82, 2.24) is 10.2 Å². The van der Waals surface area contributed by atoms with Crippen LogP contribution in [0.5, 0.6) is 0 Å². The van der Waals surface area contributed by atoms with Gasteiger partial charge >= 0.3 is 6.18 Å². The maximum atomic E-state index is 15.3. The van der Waals surface area contributed by atoms with Gasteiger partial charge in [0, 0.05) is 29.0 Å². The normalized spacial score (nSPS) is 19.1. The monoisotopic (exact) mass is 496 g/mol. The molecule has 0 bridgehead atoms. The standard InChI is InChI=1S/C23H17ClF4N2O4/c24-16-4-2-1-3-12(16)15(23(26,27)28)9-18(31)13-6-5-11-14(20(13)25)10-30(22(11)34)17-7-8-19(32)29-21(17)33/h1-6,15,17H,7-10H2,(H,29,32,33)/t15-,17?/m1/s1. The van der Waals surface area contributed by atoms with E-state index in [0.29, 0.717) is 0 Å². The van der Waals surface area contributed by atoms with Crippen molar-refractivity contribution < 1.29 is 36.7 Å². The lowest BCUT2D eigenvalue weighted by atomic mass is 9.90. The number of nitrogens with zero attached hydrogens (tertiary/aromatic N) is 1. The minimum absolute atomic E-state index is 0.00360.